The summed E-state index contributed by atoms with van der Waals surface area (Å²) in [6, 6.07) is 15.6. The SMILES string of the molecule is COC(=O)C1=NN(c2ccc(OC)cc2)[C@@]2(Nc3ccccc3S2)S1. The summed E-state index contributed by atoms with van der Waals surface area (Å²) in [5.74, 6) is 0.316. The fraction of sp³-hybridized carbons (Fsp3) is 0.176. The van der Waals surface area contributed by atoms with E-state index in [0.29, 0.717) is 5.04 Å². The van der Waals surface area contributed by atoms with E-state index < -0.39 is 10.3 Å². The number of fused-ring (bicyclic) bond motifs is 1. The Labute approximate surface area is 153 Å². The van der Waals surface area contributed by atoms with Crippen molar-refractivity contribution in [1.29, 1.82) is 0 Å². The van der Waals surface area contributed by atoms with E-state index in [4.69, 9.17) is 9.47 Å². The van der Waals surface area contributed by atoms with Crippen LogP contribution in [0.4, 0.5) is 11.4 Å². The quantitative estimate of drug-likeness (QED) is 0.825. The highest BCUT2D eigenvalue weighted by Gasteiger charge is 2.51. The van der Waals surface area contributed by atoms with Crippen LogP contribution in [0.2, 0.25) is 0 Å². The Morgan fingerprint density at radius 1 is 1.12 bits per heavy atom. The number of thioether (sulfide) groups is 2. The van der Waals surface area contributed by atoms with Crippen molar-refractivity contribution in [2.24, 2.45) is 5.10 Å². The van der Waals surface area contributed by atoms with Crippen LogP contribution in [-0.2, 0) is 9.53 Å². The number of hydrogen-bond donors (Lipinski definition) is 1. The Kier molecular flexibility index (Phi) is 4.01. The summed E-state index contributed by atoms with van der Waals surface area (Å²) < 4.78 is 9.42. The maximum absolute atomic E-state index is 12.0. The van der Waals surface area contributed by atoms with Crippen molar-refractivity contribution in [3.8, 4) is 5.75 Å². The summed E-state index contributed by atoms with van der Waals surface area (Å²) in [6.45, 7) is 0. The number of rotatable bonds is 3. The van der Waals surface area contributed by atoms with Gasteiger partial charge in [-0.3, -0.25) is 0 Å². The summed E-state index contributed by atoms with van der Waals surface area (Å²) >= 11 is 2.96. The maximum Gasteiger partial charge on any atom is 0.365 e. The van der Waals surface area contributed by atoms with E-state index in [-0.39, 0.29) is 0 Å². The van der Waals surface area contributed by atoms with Crippen molar-refractivity contribution in [3.05, 3.63) is 48.5 Å². The number of nitrogens with zero attached hydrogens (tertiary/aromatic N) is 2. The van der Waals surface area contributed by atoms with Gasteiger partial charge in [-0.25, -0.2) is 9.80 Å². The number of para-hydroxylation sites is 1. The first-order valence-corrected chi connectivity index (χ1v) is 9.15. The van der Waals surface area contributed by atoms with Crippen molar-refractivity contribution in [2.45, 2.75) is 9.22 Å². The molecule has 0 fully saturated rings. The first-order chi connectivity index (χ1) is 12.1. The first kappa shape index (κ1) is 16.2. The minimum atomic E-state index is -0.665. The molecule has 0 saturated carbocycles. The van der Waals surface area contributed by atoms with Crippen LogP contribution in [0.1, 0.15) is 0 Å². The van der Waals surface area contributed by atoms with Gasteiger partial charge < -0.3 is 14.8 Å². The molecule has 0 aromatic heterocycles. The Balaban J connectivity index is 1.74. The van der Waals surface area contributed by atoms with Gasteiger partial charge in [-0.2, -0.15) is 5.10 Å². The van der Waals surface area contributed by atoms with Crippen molar-refractivity contribution in [2.75, 3.05) is 24.5 Å². The molecule has 128 valence electrons. The van der Waals surface area contributed by atoms with Crippen LogP contribution in [0.5, 0.6) is 5.75 Å². The van der Waals surface area contributed by atoms with Crippen molar-refractivity contribution in [1.82, 2.24) is 0 Å². The molecule has 1 spiro atoms. The molecule has 4 rings (SSSR count). The lowest BCUT2D eigenvalue weighted by Gasteiger charge is -2.32. The molecule has 0 radical (unpaired) electrons. The lowest BCUT2D eigenvalue weighted by Crippen LogP contribution is -2.41. The molecule has 0 aliphatic carbocycles. The Hall–Kier alpha value is -2.32. The monoisotopic (exact) mass is 373 g/mol. The number of hydrazone groups is 1. The van der Waals surface area contributed by atoms with Crippen molar-refractivity contribution < 1.29 is 14.3 Å². The highest BCUT2D eigenvalue weighted by molar-refractivity contribution is 8.27. The second kappa shape index (κ2) is 6.20. The molecule has 0 bridgehead atoms. The zero-order valence-corrected chi connectivity index (χ0v) is 15.2. The van der Waals surface area contributed by atoms with Crippen LogP contribution in [0.25, 0.3) is 0 Å². The number of hydrogen-bond acceptors (Lipinski definition) is 8. The van der Waals surface area contributed by atoms with Gasteiger partial charge in [0.15, 0.2) is 0 Å². The molecular formula is C17H15N3O3S2. The molecular weight excluding hydrogens is 358 g/mol. The highest BCUT2D eigenvalue weighted by atomic mass is 32.2. The van der Waals surface area contributed by atoms with Crippen LogP contribution in [-0.4, -0.2) is 29.6 Å². The molecule has 1 atom stereocenters. The maximum atomic E-state index is 12.0. The summed E-state index contributed by atoms with van der Waals surface area (Å²) in [5, 5.41) is 10.1. The number of anilines is 2. The minimum absolute atomic E-state index is 0.311. The third-order valence-corrected chi connectivity index (χ3v) is 6.43. The van der Waals surface area contributed by atoms with Crippen LogP contribution in [0.3, 0.4) is 0 Å². The van der Waals surface area contributed by atoms with Gasteiger partial charge in [-0.1, -0.05) is 23.9 Å². The van der Waals surface area contributed by atoms with E-state index in [0.717, 1.165) is 22.0 Å². The van der Waals surface area contributed by atoms with E-state index in [9.17, 15) is 4.79 Å². The van der Waals surface area contributed by atoms with Gasteiger partial charge in [0, 0.05) is 4.90 Å². The number of carbonyl (C=O) groups is 1. The predicted octanol–water partition coefficient (Wildman–Crippen LogP) is 3.56. The van der Waals surface area contributed by atoms with E-state index in [1.165, 1.54) is 18.9 Å². The third-order valence-electron chi connectivity index (χ3n) is 3.81. The largest absolute Gasteiger partial charge is 0.497 e. The lowest BCUT2D eigenvalue weighted by atomic mass is 10.3. The molecule has 25 heavy (non-hydrogen) atoms. The zero-order chi connectivity index (χ0) is 17.4. The molecule has 1 N–H and O–H groups in total. The molecule has 8 heteroatoms. The van der Waals surface area contributed by atoms with Gasteiger partial charge >= 0.3 is 5.97 Å². The molecule has 2 aromatic rings. The van der Waals surface area contributed by atoms with Gasteiger partial charge in [-0.15, -0.1) is 0 Å². The topological polar surface area (TPSA) is 63.2 Å². The van der Waals surface area contributed by atoms with Crippen molar-refractivity contribution >= 4 is 45.9 Å². The van der Waals surface area contributed by atoms with Crippen LogP contribution in [0, 0.1) is 0 Å². The van der Waals surface area contributed by atoms with Gasteiger partial charge in [-0.05, 0) is 48.2 Å². The fourth-order valence-electron chi connectivity index (χ4n) is 2.62. The lowest BCUT2D eigenvalue weighted by molar-refractivity contribution is -0.132. The minimum Gasteiger partial charge on any atom is -0.497 e. The summed E-state index contributed by atoms with van der Waals surface area (Å²) in [4.78, 5) is 13.2. The Bertz CT molecular complexity index is 829. The van der Waals surface area contributed by atoms with Crippen molar-refractivity contribution in [3.63, 3.8) is 0 Å². The zero-order valence-electron chi connectivity index (χ0n) is 13.6. The average molecular weight is 373 g/mol. The smallest absolute Gasteiger partial charge is 0.365 e. The molecule has 0 saturated heterocycles. The number of carbonyl (C=O) groups excluding carboxylic acids is 1. The Morgan fingerprint density at radius 3 is 2.56 bits per heavy atom. The molecule has 2 aliphatic rings. The molecule has 0 amide bonds. The number of methoxy groups -OCH3 is 2. The van der Waals surface area contributed by atoms with E-state index in [2.05, 4.69) is 10.4 Å². The summed E-state index contributed by atoms with van der Waals surface area (Å²) in [6.07, 6.45) is 0. The normalized spacial score (nSPS) is 20.9. The number of esters is 1. The molecule has 2 aromatic carbocycles. The second-order valence-corrected chi connectivity index (χ2v) is 7.99. The number of ether oxygens (including phenoxy) is 2. The molecule has 0 unspecified atom stereocenters. The second-order valence-electron chi connectivity index (χ2n) is 5.31. The number of nitrogens with one attached hydrogen (secondary N) is 1. The van der Waals surface area contributed by atoms with Gasteiger partial charge in [0.2, 0.25) is 9.37 Å². The standard InChI is InChI=1S/C17H15N3O3S2/c1-22-12-9-7-11(8-10-12)20-17(25-15(19-20)16(21)23-2)18-13-5-3-4-6-14(13)24-17/h3-10,18H,1-2H3/t17-/m1/s1. The van der Waals surface area contributed by atoms with Gasteiger partial charge in [0.1, 0.15) is 5.75 Å². The van der Waals surface area contributed by atoms with E-state index in [1.807, 2.05) is 53.5 Å². The molecule has 2 heterocycles. The van der Waals surface area contributed by atoms with Crippen LogP contribution >= 0.6 is 23.5 Å². The van der Waals surface area contributed by atoms with Crippen LogP contribution in [0.15, 0.2) is 58.5 Å². The number of benzene rings is 2. The van der Waals surface area contributed by atoms with E-state index >= 15 is 0 Å². The summed E-state index contributed by atoms with van der Waals surface area (Å²) in [7, 11) is 2.98. The predicted molar refractivity (Wildman–Crippen MR) is 101 cm³/mol. The van der Waals surface area contributed by atoms with Gasteiger partial charge in [0.05, 0.1) is 25.6 Å². The fourth-order valence-corrected chi connectivity index (χ4v) is 5.30. The first-order valence-electron chi connectivity index (χ1n) is 7.51. The molecule has 2 aliphatic heterocycles. The Morgan fingerprint density at radius 2 is 1.88 bits per heavy atom. The highest BCUT2D eigenvalue weighted by Crippen LogP contribution is 2.57. The third kappa shape index (κ3) is 2.71. The summed E-state index contributed by atoms with van der Waals surface area (Å²) in [5.41, 5.74) is 1.86. The van der Waals surface area contributed by atoms with Crippen LogP contribution < -0.4 is 15.1 Å². The molecule has 6 nitrogen and oxygen atoms in total. The van der Waals surface area contributed by atoms with Gasteiger partial charge in [0.25, 0.3) is 0 Å². The average Bonchev–Trinajstić information content (AvgIpc) is 3.21. The van der Waals surface area contributed by atoms with E-state index in [1.54, 1.807) is 18.9 Å².